The number of carbonyl (C=O) groups is 2. The first-order valence-corrected chi connectivity index (χ1v) is 6.77. The summed E-state index contributed by atoms with van der Waals surface area (Å²) >= 11 is 11.1. The Morgan fingerprint density at radius 2 is 1.30 bits per heavy atom. The van der Waals surface area contributed by atoms with Crippen LogP contribution in [0.25, 0.3) is 11.1 Å². The van der Waals surface area contributed by atoms with Gasteiger partial charge >= 0.3 is 0 Å². The maximum absolute atomic E-state index is 11.4. The van der Waals surface area contributed by atoms with E-state index >= 15 is 0 Å². The molecule has 0 aliphatic carbocycles. The molecule has 0 heterocycles. The Labute approximate surface area is 127 Å². The Bertz CT molecular complexity index is 706. The van der Waals surface area contributed by atoms with E-state index in [2.05, 4.69) is 0 Å². The first-order chi connectivity index (χ1) is 9.40. The number of hydrogen-bond donors (Lipinski definition) is 0. The van der Waals surface area contributed by atoms with Gasteiger partial charge in [-0.15, -0.1) is 0 Å². The molecule has 20 heavy (non-hydrogen) atoms. The Morgan fingerprint density at radius 3 is 1.85 bits per heavy atom. The van der Waals surface area contributed by atoms with Gasteiger partial charge < -0.3 is 0 Å². The number of aryl methyl sites for hydroxylation is 2. The summed E-state index contributed by atoms with van der Waals surface area (Å²) < 4.78 is 0. The quantitative estimate of drug-likeness (QED) is 0.768. The van der Waals surface area contributed by atoms with Crippen molar-refractivity contribution in [1.82, 2.24) is 0 Å². The number of carbonyl (C=O) groups excluding carboxylic acids is 2. The van der Waals surface area contributed by atoms with Gasteiger partial charge in [-0.1, -0.05) is 24.3 Å². The fraction of sp³-hybridized carbons (Fsp3) is 0.125. The summed E-state index contributed by atoms with van der Waals surface area (Å²) in [5, 5.41) is -0.955. The molecule has 0 saturated heterocycles. The predicted octanol–water partition coefficient (Wildman–Crippen LogP) is 4.73. The summed E-state index contributed by atoms with van der Waals surface area (Å²) in [6.45, 7) is 3.65. The second kappa shape index (κ2) is 5.78. The molecular weight excluding hydrogens is 295 g/mol. The fourth-order valence-electron chi connectivity index (χ4n) is 2.08. The van der Waals surface area contributed by atoms with Gasteiger partial charge in [0.25, 0.3) is 10.5 Å². The highest BCUT2D eigenvalue weighted by molar-refractivity contribution is 6.68. The number of halogens is 2. The summed E-state index contributed by atoms with van der Waals surface area (Å²) in [5.41, 5.74) is 4.37. The van der Waals surface area contributed by atoms with Crippen LogP contribution in [0.15, 0.2) is 36.4 Å². The topological polar surface area (TPSA) is 34.1 Å². The lowest BCUT2D eigenvalue weighted by atomic mass is 9.97. The van der Waals surface area contributed by atoms with E-state index in [1.807, 2.05) is 32.0 Å². The molecule has 2 rings (SSSR count). The van der Waals surface area contributed by atoms with Gasteiger partial charge in [0.2, 0.25) is 0 Å². The molecule has 0 fully saturated rings. The predicted molar refractivity (Wildman–Crippen MR) is 81.7 cm³/mol. The Kier molecular flexibility index (Phi) is 4.26. The maximum atomic E-state index is 11.4. The molecule has 0 atom stereocenters. The van der Waals surface area contributed by atoms with E-state index in [-0.39, 0.29) is 0 Å². The van der Waals surface area contributed by atoms with E-state index in [1.165, 1.54) is 0 Å². The van der Waals surface area contributed by atoms with E-state index < -0.39 is 10.5 Å². The van der Waals surface area contributed by atoms with Crippen LogP contribution < -0.4 is 0 Å². The largest absolute Gasteiger partial charge is 0.276 e. The van der Waals surface area contributed by atoms with E-state index in [0.29, 0.717) is 11.1 Å². The molecular formula is C16H12Cl2O2. The zero-order chi connectivity index (χ0) is 14.9. The van der Waals surface area contributed by atoms with Crippen molar-refractivity contribution in [3.8, 4) is 11.1 Å². The van der Waals surface area contributed by atoms with Crippen LogP contribution in [0.1, 0.15) is 31.8 Å². The summed E-state index contributed by atoms with van der Waals surface area (Å²) in [6, 6.07) is 10.9. The molecule has 0 aromatic heterocycles. The molecule has 102 valence electrons. The van der Waals surface area contributed by atoms with Gasteiger partial charge in [-0.25, -0.2) is 0 Å². The van der Waals surface area contributed by atoms with E-state index in [0.717, 1.165) is 22.3 Å². The number of hydrogen-bond acceptors (Lipinski definition) is 2. The summed E-state index contributed by atoms with van der Waals surface area (Å²) in [7, 11) is 0. The van der Waals surface area contributed by atoms with Gasteiger partial charge in [0.15, 0.2) is 0 Å². The zero-order valence-electron chi connectivity index (χ0n) is 11.0. The first kappa shape index (κ1) is 14.8. The molecule has 0 N–H and O–H groups in total. The number of benzene rings is 2. The highest BCUT2D eigenvalue weighted by atomic mass is 35.5. The second-order valence-electron chi connectivity index (χ2n) is 4.61. The molecule has 0 unspecified atom stereocenters. The molecule has 2 aromatic rings. The van der Waals surface area contributed by atoms with Crippen molar-refractivity contribution in [2.24, 2.45) is 0 Å². The van der Waals surface area contributed by atoms with Crippen molar-refractivity contribution >= 4 is 33.7 Å². The molecule has 2 nitrogen and oxygen atoms in total. The van der Waals surface area contributed by atoms with Gasteiger partial charge in [-0.2, -0.15) is 0 Å². The molecule has 0 spiro atoms. The van der Waals surface area contributed by atoms with Crippen LogP contribution in [-0.4, -0.2) is 10.5 Å². The van der Waals surface area contributed by atoms with E-state index in [1.54, 1.807) is 18.2 Å². The monoisotopic (exact) mass is 306 g/mol. The average Bonchev–Trinajstić information content (AvgIpc) is 2.38. The van der Waals surface area contributed by atoms with Crippen molar-refractivity contribution < 1.29 is 9.59 Å². The Morgan fingerprint density at radius 1 is 0.750 bits per heavy atom. The number of rotatable bonds is 3. The molecule has 2 aromatic carbocycles. The van der Waals surface area contributed by atoms with Crippen molar-refractivity contribution in [3.63, 3.8) is 0 Å². The molecule has 4 heteroatoms. The highest BCUT2D eigenvalue weighted by Crippen LogP contribution is 2.26. The third-order valence-corrected chi connectivity index (χ3v) is 3.63. The molecule has 0 bridgehead atoms. The standard InChI is InChI=1S/C16H12Cl2O2/c1-9-3-4-12(8-14(9)16(18)20)11-5-6-13(15(17)19)10(2)7-11/h3-8H,1-2H3. The van der Waals surface area contributed by atoms with E-state index in [4.69, 9.17) is 23.2 Å². The van der Waals surface area contributed by atoms with Gasteiger partial charge in [0.1, 0.15) is 0 Å². The molecule has 0 aliphatic rings. The van der Waals surface area contributed by atoms with Crippen LogP contribution in [0.3, 0.4) is 0 Å². The summed E-state index contributed by atoms with van der Waals surface area (Å²) in [4.78, 5) is 22.6. The third-order valence-electron chi connectivity index (χ3n) is 3.22. The van der Waals surface area contributed by atoms with Gasteiger partial charge in [-0.3, -0.25) is 9.59 Å². The smallest absolute Gasteiger partial charge is 0.252 e. The Hall–Kier alpha value is -1.64. The maximum Gasteiger partial charge on any atom is 0.252 e. The SMILES string of the molecule is Cc1cc(-c2ccc(C)c(C(=O)Cl)c2)ccc1C(=O)Cl. The lowest BCUT2D eigenvalue weighted by molar-refractivity contribution is 0.107. The molecule has 0 amide bonds. The highest BCUT2D eigenvalue weighted by Gasteiger charge is 2.10. The van der Waals surface area contributed by atoms with Gasteiger partial charge in [0, 0.05) is 11.1 Å². The Balaban J connectivity index is 2.52. The van der Waals surface area contributed by atoms with Crippen LogP contribution in [0.2, 0.25) is 0 Å². The second-order valence-corrected chi connectivity index (χ2v) is 5.29. The van der Waals surface area contributed by atoms with Crippen molar-refractivity contribution in [2.75, 3.05) is 0 Å². The fourth-order valence-corrected chi connectivity index (χ4v) is 2.49. The molecule has 0 aliphatic heterocycles. The van der Waals surface area contributed by atoms with E-state index in [9.17, 15) is 9.59 Å². The van der Waals surface area contributed by atoms with Crippen molar-refractivity contribution in [1.29, 1.82) is 0 Å². The van der Waals surface area contributed by atoms with Gasteiger partial charge in [-0.05, 0) is 71.4 Å². The lowest BCUT2D eigenvalue weighted by Gasteiger charge is -2.08. The molecule has 0 saturated carbocycles. The van der Waals surface area contributed by atoms with Crippen molar-refractivity contribution in [3.05, 3.63) is 58.7 Å². The average molecular weight is 307 g/mol. The normalized spacial score (nSPS) is 10.4. The molecule has 0 radical (unpaired) electrons. The minimum absolute atomic E-state index is 0.477. The lowest BCUT2D eigenvalue weighted by Crippen LogP contribution is -1.96. The zero-order valence-corrected chi connectivity index (χ0v) is 12.5. The minimum Gasteiger partial charge on any atom is -0.276 e. The minimum atomic E-state index is -0.478. The third kappa shape index (κ3) is 2.92. The first-order valence-electron chi connectivity index (χ1n) is 6.01. The summed E-state index contributed by atoms with van der Waals surface area (Å²) in [6.07, 6.45) is 0. The van der Waals surface area contributed by atoms with Crippen molar-refractivity contribution in [2.45, 2.75) is 13.8 Å². The van der Waals surface area contributed by atoms with Crippen LogP contribution in [0, 0.1) is 13.8 Å². The summed E-state index contributed by atoms with van der Waals surface area (Å²) in [5.74, 6) is 0. The van der Waals surface area contributed by atoms with Crippen LogP contribution in [0.4, 0.5) is 0 Å². The van der Waals surface area contributed by atoms with Gasteiger partial charge in [0.05, 0.1) is 0 Å². The van der Waals surface area contributed by atoms with Crippen LogP contribution in [0.5, 0.6) is 0 Å². The van der Waals surface area contributed by atoms with Crippen LogP contribution in [-0.2, 0) is 0 Å². The van der Waals surface area contributed by atoms with Crippen LogP contribution >= 0.6 is 23.2 Å².